The lowest BCUT2D eigenvalue weighted by atomic mass is 10.0. The molecule has 0 aliphatic rings. The van der Waals surface area contributed by atoms with Gasteiger partial charge in [0.2, 0.25) is 0 Å². The lowest BCUT2D eigenvalue weighted by molar-refractivity contribution is 0.534. The van der Waals surface area contributed by atoms with E-state index in [1.54, 1.807) is 0 Å². The fourth-order valence-corrected chi connectivity index (χ4v) is 9.45. The highest BCUT2D eigenvalue weighted by molar-refractivity contribution is 6.77. The number of unbranched alkanes of at least 4 members (excludes halogenated alkanes) is 13. The lowest BCUT2D eigenvalue weighted by Gasteiger charge is -2.22. The van der Waals surface area contributed by atoms with Crippen LogP contribution in [0.2, 0.25) is 32.2 Å². The van der Waals surface area contributed by atoms with Crippen molar-refractivity contribution in [1.29, 1.82) is 0 Å². The Bertz CT molecular complexity index is 238. The van der Waals surface area contributed by atoms with E-state index < -0.39 is 17.4 Å². The molecule has 0 fully saturated rings. The van der Waals surface area contributed by atoms with Crippen LogP contribution in [0.4, 0.5) is 0 Å². The van der Waals surface area contributed by atoms with Crippen molar-refractivity contribution in [3.8, 4) is 0 Å². The van der Waals surface area contributed by atoms with Crippen LogP contribution in [-0.2, 0) is 4.12 Å². The number of hydrogen-bond donors (Lipinski definition) is 0. The maximum Gasteiger partial charge on any atom is 0.170 e. The zero-order valence-corrected chi connectivity index (χ0v) is 19.2. The van der Waals surface area contributed by atoms with Gasteiger partial charge in [0.15, 0.2) is 17.4 Å². The van der Waals surface area contributed by atoms with E-state index in [-0.39, 0.29) is 0 Å². The van der Waals surface area contributed by atoms with E-state index in [0.29, 0.717) is 0 Å². The van der Waals surface area contributed by atoms with Crippen LogP contribution in [0.5, 0.6) is 0 Å². The van der Waals surface area contributed by atoms with Crippen molar-refractivity contribution in [2.24, 2.45) is 0 Å². The molecule has 0 spiro atoms. The summed E-state index contributed by atoms with van der Waals surface area (Å²) in [4.78, 5) is 0. The molecule has 0 N–H and O–H groups in total. The largest absolute Gasteiger partial charge is 0.458 e. The van der Waals surface area contributed by atoms with Crippen LogP contribution in [0.3, 0.4) is 0 Å². The number of hydrogen-bond acceptors (Lipinski definition) is 1. The third kappa shape index (κ3) is 20.3. The molecular weight excluding hydrogens is 312 g/mol. The van der Waals surface area contributed by atoms with E-state index in [2.05, 4.69) is 33.1 Å². The highest BCUT2D eigenvalue weighted by atomic mass is 28.4. The molecule has 0 aliphatic heterocycles. The van der Waals surface area contributed by atoms with Crippen molar-refractivity contribution in [2.75, 3.05) is 0 Å². The average Bonchev–Trinajstić information content (AvgIpc) is 2.46. The lowest BCUT2D eigenvalue weighted by Crippen LogP contribution is -2.32. The summed E-state index contributed by atoms with van der Waals surface area (Å²) in [6, 6.07) is 1.39. The Balaban J connectivity index is 3.13. The molecule has 0 bridgehead atoms. The van der Waals surface area contributed by atoms with Gasteiger partial charge in [0.05, 0.1) is 0 Å². The van der Waals surface area contributed by atoms with E-state index in [0.717, 1.165) is 0 Å². The van der Waals surface area contributed by atoms with E-state index in [4.69, 9.17) is 4.12 Å². The third-order valence-electron chi connectivity index (χ3n) is 4.52. The summed E-state index contributed by atoms with van der Waals surface area (Å²) in [5.74, 6) is 0. The van der Waals surface area contributed by atoms with Gasteiger partial charge in [-0.15, -0.1) is 0 Å². The number of rotatable bonds is 17. The Hall–Kier alpha value is 0.394. The molecule has 1 atom stereocenters. The van der Waals surface area contributed by atoms with Gasteiger partial charge in [-0.25, -0.2) is 0 Å². The van der Waals surface area contributed by atoms with Crippen LogP contribution < -0.4 is 0 Å². The van der Waals surface area contributed by atoms with Gasteiger partial charge < -0.3 is 4.12 Å². The van der Waals surface area contributed by atoms with Gasteiger partial charge >= 0.3 is 0 Å². The molecule has 0 radical (unpaired) electrons. The van der Waals surface area contributed by atoms with E-state index >= 15 is 0 Å². The SMILES string of the molecule is CCCCCCCCCCCCCCCC[SiH](C)O[Si](C)(C)C. The van der Waals surface area contributed by atoms with Gasteiger partial charge in [-0.1, -0.05) is 96.8 Å². The Morgan fingerprint density at radius 1 is 0.609 bits per heavy atom. The van der Waals surface area contributed by atoms with Crippen molar-refractivity contribution in [1.82, 2.24) is 0 Å². The third-order valence-corrected chi connectivity index (χ3v) is 10.2. The van der Waals surface area contributed by atoms with Crippen LogP contribution >= 0.6 is 0 Å². The molecule has 23 heavy (non-hydrogen) atoms. The van der Waals surface area contributed by atoms with Crippen LogP contribution in [0, 0.1) is 0 Å². The van der Waals surface area contributed by atoms with Crippen molar-refractivity contribution in [3.63, 3.8) is 0 Å². The quantitative estimate of drug-likeness (QED) is 0.191. The summed E-state index contributed by atoms with van der Waals surface area (Å²) in [5.41, 5.74) is 0. The molecule has 0 amide bonds. The summed E-state index contributed by atoms with van der Waals surface area (Å²) in [6.07, 6.45) is 20.3. The first-order valence-corrected chi connectivity index (χ1v) is 16.5. The van der Waals surface area contributed by atoms with Crippen LogP contribution in [-0.4, -0.2) is 17.4 Å². The summed E-state index contributed by atoms with van der Waals surface area (Å²) < 4.78 is 6.23. The standard InChI is InChI=1S/C20H46OSi2/c1-6-7-8-9-10-11-12-13-14-15-16-17-18-19-20-22(2)21-23(3,4)5/h22H,6-20H2,1-5H3. The van der Waals surface area contributed by atoms with Crippen molar-refractivity contribution in [3.05, 3.63) is 0 Å². The fraction of sp³-hybridized carbons (Fsp3) is 1.00. The zero-order valence-electron chi connectivity index (χ0n) is 17.1. The minimum Gasteiger partial charge on any atom is -0.458 e. The maximum atomic E-state index is 6.23. The highest BCUT2D eigenvalue weighted by Crippen LogP contribution is 2.15. The van der Waals surface area contributed by atoms with Gasteiger partial charge in [0, 0.05) is 0 Å². The molecule has 1 unspecified atom stereocenters. The normalized spacial score (nSPS) is 13.4. The molecular formula is C20H46OSi2. The summed E-state index contributed by atoms with van der Waals surface area (Å²) in [6.45, 7) is 11.6. The fourth-order valence-electron chi connectivity index (χ4n) is 3.29. The van der Waals surface area contributed by atoms with Crippen LogP contribution in [0.15, 0.2) is 0 Å². The molecule has 0 aromatic carbocycles. The molecule has 0 aliphatic carbocycles. The second-order valence-corrected chi connectivity index (χ2v) is 15.8. The van der Waals surface area contributed by atoms with E-state index in [1.165, 1.54) is 95.9 Å². The topological polar surface area (TPSA) is 9.23 Å². The van der Waals surface area contributed by atoms with Crippen LogP contribution in [0.25, 0.3) is 0 Å². The smallest absolute Gasteiger partial charge is 0.170 e. The maximum absolute atomic E-state index is 6.23. The molecule has 140 valence electrons. The second kappa shape index (κ2) is 15.9. The molecule has 3 heteroatoms. The van der Waals surface area contributed by atoms with Crippen molar-refractivity contribution >= 4 is 17.4 Å². The Morgan fingerprint density at radius 3 is 1.30 bits per heavy atom. The molecule has 1 nitrogen and oxygen atoms in total. The molecule has 0 saturated heterocycles. The molecule has 0 saturated carbocycles. The van der Waals surface area contributed by atoms with Gasteiger partial charge in [0.25, 0.3) is 0 Å². The summed E-state index contributed by atoms with van der Waals surface area (Å²) in [5, 5.41) is 0. The molecule has 0 rings (SSSR count). The highest BCUT2D eigenvalue weighted by Gasteiger charge is 2.18. The summed E-state index contributed by atoms with van der Waals surface area (Å²) >= 11 is 0. The van der Waals surface area contributed by atoms with Crippen molar-refractivity contribution < 1.29 is 4.12 Å². The predicted molar refractivity (Wildman–Crippen MR) is 113 cm³/mol. The first kappa shape index (κ1) is 23.4. The Kier molecular flexibility index (Phi) is 16.2. The van der Waals surface area contributed by atoms with Gasteiger partial charge in [-0.2, -0.15) is 0 Å². The van der Waals surface area contributed by atoms with Crippen LogP contribution in [0.1, 0.15) is 96.8 Å². The zero-order chi connectivity index (χ0) is 17.4. The molecule has 0 aromatic rings. The first-order chi connectivity index (χ1) is 11.0. The minimum atomic E-state index is -1.27. The van der Waals surface area contributed by atoms with E-state index in [9.17, 15) is 0 Å². The Labute approximate surface area is 150 Å². The average molecular weight is 359 g/mol. The molecule has 0 heterocycles. The van der Waals surface area contributed by atoms with Crippen molar-refractivity contribution in [2.45, 2.75) is 129 Å². The monoisotopic (exact) mass is 358 g/mol. The summed E-state index contributed by atoms with van der Waals surface area (Å²) in [7, 11) is -2.12. The molecule has 0 aromatic heterocycles. The minimum absolute atomic E-state index is 0.854. The van der Waals surface area contributed by atoms with E-state index in [1.807, 2.05) is 0 Å². The predicted octanol–water partition coefficient (Wildman–Crippen LogP) is 7.67. The first-order valence-electron chi connectivity index (χ1n) is 10.6. The second-order valence-electron chi connectivity index (χ2n) is 8.43. The Morgan fingerprint density at radius 2 is 0.957 bits per heavy atom. The van der Waals surface area contributed by atoms with Gasteiger partial charge in [0.1, 0.15) is 0 Å². The van der Waals surface area contributed by atoms with Gasteiger partial charge in [-0.3, -0.25) is 0 Å². The van der Waals surface area contributed by atoms with Gasteiger partial charge in [-0.05, 0) is 32.2 Å².